The summed E-state index contributed by atoms with van der Waals surface area (Å²) in [6.45, 7) is 5.99. The highest BCUT2D eigenvalue weighted by molar-refractivity contribution is 6.29. The number of rotatable bonds is 4. The lowest BCUT2D eigenvalue weighted by atomic mass is 10.2. The molecule has 2 atom stereocenters. The fourth-order valence-corrected chi connectivity index (χ4v) is 2.66. The highest BCUT2D eigenvalue weighted by Gasteiger charge is 2.32. The van der Waals surface area contributed by atoms with E-state index in [1.54, 1.807) is 19.1 Å². The maximum Gasteiger partial charge on any atom is 0.319 e. The third kappa shape index (κ3) is 4.30. The van der Waals surface area contributed by atoms with Crippen molar-refractivity contribution in [2.75, 3.05) is 32.1 Å². The lowest BCUT2D eigenvalue weighted by molar-refractivity contribution is 0.0568. The fourth-order valence-electron chi connectivity index (χ4n) is 2.47. The molecule has 1 fully saturated rings. The number of carbonyl (C=O) groups excluding carboxylic acids is 1. The van der Waals surface area contributed by atoms with Gasteiger partial charge in [0.25, 0.3) is 0 Å². The Labute approximate surface area is 129 Å². The molecule has 2 rings (SSSR count). The Bertz CT molecular complexity index is 512. The van der Waals surface area contributed by atoms with Crippen LogP contribution in [0.1, 0.15) is 12.6 Å². The Balaban J connectivity index is 1.94. The molecule has 116 valence electrons. The number of aromatic nitrogens is 1. The van der Waals surface area contributed by atoms with E-state index in [9.17, 15) is 4.79 Å². The Kier molecular flexibility index (Phi) is 5.39. The van der Waals surface area contributed by atoms with Crippen LogP contribution in [0.15, 0.2) is 12.1 Å². The van der Waals surface area contributed by atoms with Crippen molar-refractivity contribution in [3.8, 4) is 0 Å². The highest BCUT2D eigenvalue weighted by atomic mass is 35.5. The van der Waals surface area contributed by atoms with E-state index in [0.29, 0.717) is 23.1 Å². The van der Waals surface area contributed by atoms with Gasteiger partial charge in [-0.15, -0.1) is 0 Å². The molecule has 2 heterocycles. The van der Waals surface area contributed by atoms with Gasteiger partial charge in [0.15, 0.2) is 0 Å². The minimum Gasteiger partial charge on any atom is -0.375 e. The predicted molar refractivity (Wildman–Crippen MR) is 82.8 cm³/mol. The van der Waals surface area contributed by atoms with Gasteiger partial charge in [0, 0.05) is 19.7 Å². The standard InChI is InChI=1S/C14H21ClN4O2/c1-4-21-12-8-19(3)7-11(12)18-14(20)17-10-5-6-13(15)16-9(10)2/h5-6,11-12H,4,7-8H2,1-3H3,(H2,17,18,20)/t11-,12-/m0/s1. The number of urea groups is 1. The average molecular weight is 313 g/mol. The molecular weight excluding hydrogens is 292 g/mol. The van der Waals surface area contributed by atoms with Gasteiger partial charge in [-0.25, -0.2) is 9.78 Å². The van der Waals surface area contributed by atoms with E-state index >= 15 is 0 Å². The Hall–Kier alpha value is -1.37. The van der Waals surface area contributed by atoms with Gasteiger partial charge in [-0.1, -0.05) is 11.6 Å². The van der Waals surface area contributed by atoms with Gasteiger partial charge >= 0.3 is 6.03 Å². The summed E-state index contributed by atoms with van der Waals surface area (Å²) in [5, 5.41) is 6.16. The quantitative estimate of drug-likeness (QED) is 0.833. The van der Waals surface area contributed by atoms with Crippen LogP contribution in [0.3, 0.4) is 0 Å². The van der Waals surface area contributed by atoms with Crippen molar-refractivity contribution in [3.63, 3.8) is 0 Å². The smallest absolute Gasteiger partial charge is 0.319 e. The monoisotopic (exact) mass is 312 g/mol. The molecule has 0 radical (unpaired) electrons. The maximum atomic E-state index is 12.1. The van der Waals surface area contributed by atoms with Crippen molar-refractivity contribution in [2.45, 2.75) is 26.0 Å². The first-order valence-electron chi connectivity index (χ1n) is 7.00. The van der Waals surface area contributed by atoms with E-state index in [-0.39, 0.29) is 18.2 Å². The molecule has 7 heteroatoms. The van der Waals surface area contributed by atoms with Crippen molar-refractivity contribution in [1.82, 2.24) is 15.2 Å². The summed E-state index contributed by atoms with van der Waals surface area (Å²) < 4.78 is 5.66. The van der Waals surface area contributed by atoms with Crippen molar-refractivity contribution in [2.24, 2.45) is 0 Å². The third-order valence-corrected chi connectivity index (χ3v) is 3.66. The van der Waals surface area contributed by atoms with Crippen LogP contribution in [-0.2, 0) is 4.74 Å². The van der Waals surface area contributed by atoms with Crippen LogP contribution in [0, 0.1) is 6.92 Å². The molecule has 1 aliphatic rings. The first-order chi connectivity index (χ1) is 9.99. The normalized spacial score (nSPS) is 22.3. The molecule has 1 aliphatic heterocycles. The lowest BCUT2D eigenvalue weighted by Crippen LogP contribution is -2.45. The van der Waals surface area contributed by atoms with Crippen LogP contribution in [0.2, 0.25) is 5.15 Å². The number of anilines is 1. The lowest BCUT2D eigenvalue weighted by Gasteiger charge is -2.20. The number of carbonyl (C=O) groups is 1. The maximum absolute atomic E-state index is 12.1. The number of halogens is 1. The number of amides is 2. The summed E-state index contributed by atoms with van der Waals surface area (Å²) in [4.78, 5) is 18.3. The number of hydrogen-bond donors (Lipinski definition) is 2. The molecule has 0 spiro atoms. The summed E-state index contributed by atoms with van der Waals surface area (Å²) in [5.41, 5.74) is 1.33. The molecule has 6 nitrogen and oxygen atoms in total. The van der Waals surface area contributed by atoms with E-state index in [2.05, 4.69) is 20.5 Å². The zero-order chi connectivity index (χ0) is 15.4. The summed E-state index contributed by atoms with van der Waals surface area (Å²) in [6, 6.07) is 3.12. The van der Waals surface area contributed by atoms with Crippen LogP contribution in [-0.4, -0.2) is 54.8 Å². The third-order valence-electron chi connectivity index (χ3n) is 3.45. The number of likely N-dealkylation sites (N-methyl/N-ethyl adjacent to an activating group) is 1. The van der Waals surface area contributed by atoms with Crippen molar-refractivity contribution >= 4 is 23.3 Å². The minimum absolute atomic E-state index is 0.0180. The second-order valence-corrected chi connectivity index (χ2v) is 5.57. The molecule has 2 amide bonds. The molecular formula is C14H21ClN4O2. The zero-order valence-corrected chi connectivity index (χ0v) is 13.3. The molecule has 0 unspecified atom stereocenters. The number of ether oxygens (including phenoxy) is 1. The molecule has 1 saturated heterocycles. The summed E-state index contributed by atoms with van der Waals surface area (Å²) in [6.07, 6.45) is 0.0233. The number of nitrogens with one attached hydrogen (secondary N) is 2. The first-order valence-corrected chi connectivity index (χ1v) is 7.38. The second kappa shape index (κ2) is 7.06. The van der Waals surface area contributed by atoms with Crippen molar-refractivity contribution < 1.29 is 9.53 Å². The Morgan fingerprint density at radius 2 is 2.29 bits per heavy atom. The van der Waals surface area contributed by atoms with Gasteiger partial charge in [0.1, 0.15) is 5.15 Å². The van der Waals surface area contributed by atoms with Crippen molar-refractivity contribution in [1.29, 1.82) is 0 Å². The molecule has 0 bridgehead atoms. The largest absolute Gasteiger partial charge is 0.375 e. The van der Waals surface area contributed by atoms with Gasteiger partial charge in [0.2, 0.25) is 0 Å². The van der Waals surface area contributed by atoms with Gasteiger partial charge in [-0.05, 0) is 33.0 Å². The molecule has 1 aromatic heterocycles. The fraction of sp³-hybridized carbons (Fsp3) is 0.571. The second-order valence-electron chi connectivity index (χ2n) is 5.19. The number of nitrogens with zero attached hydrogens (tertiary/aromatic N) is 2. The topological polar surface area (TPSA) is 66.5 Å². The van der Waals surface area contributed by atoms with Gasteiger partial charge in [0.05, 0.1) is 23.5 Å². The molecule has 1 aromatic rings. The van der Waals surface area contributed by atoms with E-state index in [1.165, 1.54) is 0 Å². The molecule has 0 aliphatic carbocycles. The van der Waals surface area contributed by atoms with Crippen molar-refractivity contribution in [3.05, 3.63) is 23.0 Å². The van der Waals surface area contributed by atoms with Gasteiger partial charge in [-0.2, -0.15) is 0 Å². The number of aryl methyl sites for hydroxylation is 1. The molecule has 21 heavy (non-hydrogen) atoms. The van der Waals surface area contributed by atoms with Gasteiger partial charge < -0.3 is 20.3 Å². The van der Waals surface area contributed by atoms with E-state index < -0.39 is 0 Å². The molecule has 0 aromatic carbocycles. The number of hydrogen-bond acceptors (Lipinski definition) is 4. The van der Waals surface area contributed by atoms with Crippen LogP contribution >= 0.6 is 11.6 Å². The van der Waals surface area contributed by atoms with Crippen LogP contribution in [0.25, 0.3) is 0 Å². The van der Waals surface area contributed by atoms with Crippen LogP contribution < -0.4 is 10.6 Å². The average Bonchev–Trinajstić information content (AvgIpc) is 2.73. The predicted octanol–water partition coefficient (Wildman–Crippen LogP) is 1.88. The summed E-state index contributed by atoms with van der Waals surface area (Å²) in [7, 11) is 2.01. The van der Waals surface area contributed by atoms with Crippen LogP contribution in [0.5, 0.6) is 0 Å². The summed E-state index contributed by atoms with van der Waals surface area (Å²) >= 11 is 5.80. The minimum atomic E-state index is -0.257. The van der Waals surface area contributed by atoms with E-state index in [1.807, 2.05) is 14.0 Å². The number of likely N-dealkylation sites (tertiary alicyclic amines) is 1. The van der Waals surface area contributed by atoms with Crippen LogP contribution in [0.4, 0.5) is 10.5 Å². The molecule has 2 N–H and O–H groups in total. The zero-order valence-electron chi connectivity index (χ0n) is 12.5. The van der Waals surface area contributed by atoms with E-state index in [4.69, 9.17) is 16.3 Å². The Morgan fingerprint density at radius 1 is 1.52 bits per heavy atom. The number of pyridine rings is 1. The molecule has 0 saturated carbocycles. The SMILES string of the molecule is CCO[C@H]1CN(C)C[C@@H]1NC(=O)Nc1ccc(Cl)nc1C. The highest BCUT2D eigenvalue weighted by Crippen LogP contribution is 2.16. The van der Waals surface area contributed by atoms with E-state index in [0.717, 1.165) is 13.1 Å². The first kappa shape index (κ1) is 16.0. The summed E-state index contributed by atoms with van der Waals surface area (Å²) in [5.74, 6) is 0. The van der Waals surface area contributed by atoms with Gasteiger partial charge in [-0.3, -0.25) is 0 Å². The Morgan fingerprint density at radius 3 is 2.95 bits per heavy atom.